The molecule has 0 radical (unpaired) electrons. The second-order valence-electron chi connectivity index (χ2n) is 4.67. The van der Waals surface area contributed by atoms with Crippen molar-refractivity contribution in [3.05, 3.63) is 59.4 Å². The zero-order chi connectivity index (χ0) is 15.2. The van der Waals surface area contributed by atoms with Gasteiger partial charge in [0.25, 0.3) is 5.91 Å². The maximum Gasteiger partial charge on any atom is 0.262 e. The molecule has 0 unspecified atom stereocenters. The quantitative estimate of drug-likeness (QED) is 0.889. The van der Waals surface area contributed by atoms with Crippen LogP contribution in [0.15, 0.2) is 42.5 Å². The number of nitrogens with one attached hydrogen (secondary N) is 1. The maximum absolute atomic E-state index is 13.6. The van der Waals surface area contributed by atoms with Gasteiger partial charge in [0.1, 0.15) is 0 Å². The van der Waals surface area contributed by atoms with Crippen LogP contribution in [0, 0.1) is 12.7 Å². The van der Waals surface area contributed by atoms with Crippen molar-refractivity contribution in [1.82, 2.24) is 0 Å². The number of benzene rings is 2. The van der Waals surface area contributed by atoms with Crippen molar-refractivity contribution in [3.63, 3.8) is 0 Å². The van der Waals surface area contributed by atoms with Gasteiger partial charge in [0.2, 0.25) is 0 Å². The van der Waals surface area contributed by atoms with Crippen LogP contribution in [0.2, 0.25) is 0 Å². The molecule has 0 aliphatic heterocycles. The van der Waals surface area contributed by atoms with Gasteiger partial charge in [-0.3, -0.25) is 4.79 Å². The van der Waals surface area contributed by atoms with Crippen LogP contribution in [-0.2, 0) is 11.3 Å². The Hall–Kier alpha value is -2.40. The second-order valence-corrected chi connectivity index (χ2v) is 4.67. The molecule has 1 amide bonds. The highest BCUT2D eigenvalue weighted by molar-refractivity contribution is 5.91. The summed E-state index contributed by atoms with van der Waals surface area (Å²) < 4.78 is 18.8. The fourth-order valence-corrected chi connectivity index (χ4v) is 1.77. The molecule has 0 spiro atoms. The van der Waals surface area contributed by atoms with E-state index in [-0.39, 0.29) is 24.8 Å². The fraction of sp³-hybridized carbons (Fsp3) is 0.188. The zero-order valence-electron chi connectivity index (χ0n) is 11.7. The summed E-state index contributed by atoms with van der Waals surface area (Å²) in [7, 11) is 0. The van der Waals surface area contributed by atoms with E-state index in [1.165, 1.54) is 12.1 Å². The van der Waals surface area contributed by atoms with Gasteiger partial charge in [0.05, 0.1) is 0 Å². The number of hydrogen-bond acceptors (Lipinski definition) is 3. The molecular weight excluding hydrogens is 271 g/mol. The lowest BCUT2D eigenvalue weighted by molar-refractivity contribution is -0.118. The summed E-state index contributed by atoms with van der Waals surface area (Å²) in [6.45, 7) is 1.96. The van der Waals surface area contributed by atoms with E-state index in [2.05, 4.69) is 5.32 Å². The van der Waals surface area contributed by atoms with Crippen molar-refractivity contribution < 1.29 is 13.9 Å². The molecule has 0 heterocycles. The first-order chi connectivity index (χ1) is 10.1. The molecule has 2 rings (SSSR count). The largest absolute Gasteiger partial charge is 0.481 e. The van der Waals surface area contributed by atoms with E-state index in [1.807, 2.05) is 19.1 Å². The Kier molecular flexibility index (Phi) is 4.90. The molecule has 110 valence electrons. The number of nitrogens with two attached hydrogens (primary N) is 1. The monoisotopic (exact) mass is 288 g/mol. The lowest BCUT2D eigenvalue weighted by Crippen LogP contribution is -2.20. The van der Waals surface area contributed by atoms with E-state index in [0.717, 1.165) is 5.56 Å². The van der Waals surface area contributed by atoms with Gasteiger partial charge in [-0.25, -0.2) is 4.39 Å². The average Bonchev–Trinajstić information content (AvgIpc) is 2.48. The number of carbonyl (C=O) groups is 1. The van der Waals surface area contributed by atoms with Gasteiger partial charge in [0, 0.05) is 12.2 Å². The van der Waals surface area contributed by atoms with Crippen molar-refractivity contribution in [2.75, 3.05) is 11.9 Å². The molecule has 0 bridgehead atoms. The number of carbonyl (C=O) groups excluding carboxylic acids is 1. The molecule has 0 atom stereocenters. The lowest BCUT2D eigenvalue weighted by Gasteiger charge is -2.09. The Morgan fingerprint density at radius 2 is 1.95 bits per heavy atom. The van der Waals surface area contributed by atoms with E-state index >= 15 is 0 Å². The molecular formula is C16H17FN2O2. The van der Waals surface area contributed by atoms with Crippen molar-refractivity contribution in [2.45, 2.75) is 13.5 Å². The first-order valence-corrected chi connectivity index (χ1v) is 6.56. The molecule has 0 aliphatic carbocycles. The lowest BCUT2D eigenvalue weighted by atomic mass is 10.2. The van der Waals surface area contributed by atoms with Crippen molar-refractivity contribution >= 4 is 11.6 Å². The Morgan fingerprint density at radius 1 is 1.24 bits per heavy atom. The van der Waals surface area contributed by atoms with Crippen LogP contribution in [0.25, 0.3) is 0 Å². The molecule has 0 aliphatic rings. The molecule has 0 saturated heterocycles. The van der Waals surface area contributed by atoms with Crippen molar-refractivity contribution in [1.29, 1.82) is 0 Å². The standard InChI is InChI=1S/C16H17FN2O2/c1-11-2-5-13(6-3-11)19-16(20)10-21-15-7-4-12(9-18)8-14(15)17/h2-8H,9-10,18H2,1H3,(H,19,20). The van der Waals surface area contributed by atoms with Gasteiger partial charge < -0.3 is 15.8 Å². The number of hydrogen-bond donors (Lipinski definition) is 2. The number of rotatable bonds is 5. The average molecular weight is 288 g/mol. The molecule has 2 aromatic carbocycles. The first kappa shape index (κ1) is 15.0. The van der Waals surface area contributed by atoms with Gasteiger partial charge >= 0.3 is 0 Å². The van der Waals surface area contributed by atoms with Crippen LogP contribution in [0.4, 0.5) is 10.1 Å². The predicted octanol–water partition coefficient (Wildman–Crippen LogP) is 2.61. The number of halogens is 1. The topological polar surface area (TPSA) is 64.3 Å². The molecule has 5 heteroatoms. The smallest absolute Gasteiger partial charge is 0.262 e. The fourth-order valence-electron chi connectivity index (χ4n) is 1.77. The minimum atomic E-state index is -0.527. The highest BCUT2D eigenvalue weighted by atomic mass is 19.1. The predicted molar refractivity (Wildman–Crippen MR) is 79.6 cm³/mol. The number of anilines is 1. The van der Waals surface area contributed by atoms with Crippen LogP contribution < -0.4 is 15.8 Å². The van der Waals surface area contributed by atoms with E-state index in [1.54, 1.807) is 18.2 Å². The highest BCUT2D eigenvalue weighted by Crippen LogP contribution is 2.18. The number of aryl methyl sites for hydroxylation is 1. The first-order valence-electron chi connectivity index (χ1n) is 6.56. The molecule has 3 N–H and O–H groups in total. The normalized spacial score (nSPS) is 10.2. The third-order valence-corrected chi connectivity index (χ3v) is 2.93. The minimum absolute atomic E-state index is 0.0336. The SMILES string of the molecule is Cc1ccc(NC(=O)COc2ccc(CN)cc2F)cc1. The van der Waals surface area contributed by atoms with Gasteiger partial charge in [-0.05, 0) is 36.8 Å². The van der Waals surface area contributed by atoms with Crippen LogP contribution in [0.5, 0.6) is 5.75 Å². The summed E-state index contributed by atoms with van der Waals surface area (Å²) in [5.74, 6) is -0.839. The van der Waals surface area contributed by atoms with Crippen LogP contribution in [-0.4, -0.2) is 12.5 Å². The minimum Gasteiger partial charge on any atom is -0.481 e. The van der Waals surface area contributed by atoms with Crippen molar-refractivity contribution in [3.8, 4) is 5.75 Å². The number of ether oxygens (including phenoxy) is 1. The van der Waals surface area contributed by atoms with Crippen molar-refractivity contribution in [2.24, 2.45) is 5.73 Å². The molecule has 21 heavy (non-hydrogen) atoms. The zero-order valence-corrected chi connectivity index (χ0v) is 11.7. The third-order valence-electron chi connectivity index (χ3n) is 2.93. The molecule has 2 aromatic rings. The Balaban J connectivity index is 1.90. The van der Waals surface area contributed by atoms with Gasteiger partial charge in [-0.15, -0.1) is 0 Å². The van der Waals surface area contributed by atoms with Gasteiger partial charge in [-0.2, -0.15) is 0 Å². The third kappa shape index (κ3) is 4.29. The Morgan fingerprint density at radius 3 is 2.57 bits per heavy atom. The summed E-state index contributed by atoms with van der Waals surface area (Å²) in [5.41, 5.74) is 7.86. The van der Waals surface area contributed by atoms with Gasteiger partial charge in [0.15, 0.2) is 18.2 Å². The second kappa shape index (κ2) is 6.85. The van der Waals surface area contributed by atoms with Crippen LogP contribution >= 0.6 is 0 Å². The molecule has 4 nitrogen and oxygen atoms in total. The summed E-state index contributed by atoms with van der Waals surface area (Å²) in [4.78, 5) is 11.7. The Labute approximate surface area is 122 Å². The van der Waals surface area contributed by atoms with Crippen LogP contribution in [0.1, 0.15) is 11.1 Å². The number of amides is 1. The highest BCUT2D eigenvalue weighted by Gasteiger charge is 2.08. The maximum atomic E-state index is 13.6. The molecule has 0 fully saturated rings. The molecule has 0 aromatic heterocycles. The van der Waals surface area contributed by atoms with Crippen LogP contribution in [0.3, 0.4) is 0 Å². The summed E-state index contributed by atoms with van der Waals surface area (Å²) in [6.07, 6.45) is 0. The summed E-state index contributed by atoms with van der Waals surface area (Å²) >= 11 is 0. The van der Waals surface area contributed by atoms with E-state index < -0.39 is 5.82 Å². The summed E-state index contributed by atoms with van der Waals surface area (Å²) in [6, 6.07) is 11.8. The van der Waals surface area contributed by atoms with E-state index in [4.69, 9.17) is 10.5 Å². The molecule has 0 saturated carbocycles. The Bertz CT molecular complexity index is 627. The van der Waals surface area contributed by atoms with E-state index in [0.29, 0.717) is 11.3 Å². The van der Waals surface area contributed by atoms with Gasteiger partial charge in [-0.1, -0.05) is 23.8 Å². The van der Waals surface area contributed by atoms with E-state index in [9.17, 15) is 9.18 Å². The summed E-state index contributed by atoms with van der Waals surface area (Å²) in [5, 5.41) is 2.68.